The van der Waals surface area contributed by atoms with Crippen molar-refractivity contribution in [2.75, 3.05) is 26.4 Å². The molecule has 0 radical (unpaired) electrons. The van der Waals surface area contributed by atoms with Crippen molar-refractivity contribution in [1.82, 2.24) is 9.97 Å². The first-order chi connectivity index (χ1) is 31.4. The maximum Gasteiger partial charge on any atom is 1.00 e. The van der Waals surface area contributed by atoms with Crippen LogP contribution in [0.4, 0.5) is 46.5 Å². The molecule has 2 aliphatic rings. The second kappa shape index (κ2) is 28.0. The number of fused-ring (bicyclic) bond motifs is 2. The number of alkyl halides is 6. The monoisotopic (exact) mass is 1110 g/mol. The van der Waals surface area contributed by atoms with Crippen LogP contribution in [0.15, 0.2) is 36.4 Å². The average Bonchev–Trinajstić information content (AvgIpc) is 3.81. The standard InChI is InChI=1S/C19H17BF4N2O5.C12H12ClF3N2O2.C7H6BFO3.CH2O3.Cs/c1-10(2)28-4-5-29-18-17(25-3)13(19(22,23)24)8-15(26-18)31-12-6-11-9-30-20(27)16(11)14(21)7-12;1-7(2)19-4-5-20-11-10(17-3)8(12(14,15)16)6-9(13)18-11;9-6-2-5(10)1-4-3-12-8(11)7(4)6;2-1-4-3;/h6-8,10,27H,4-5,9H2,1-2H3;6-7H,4-5H2,1-2H3;1-2,10-11H,3H2;1,3H;/q;;;;+1/p-1. The van der Waals surface area contributed by atoms with E-state index in [0.717, 1.165) is 12.1 Å². The molecule has 3 N–H and O–H groups in total. The molecule has 17 nitrogen and oxygen atoms in total. The number of benzene rings is 2. The normalized spacial score (nSPS) is 12.4. The van der Waals surface area contributed by atoms with Gasteiger partial charge in [0.25, 0.3) is 17.8 Å². The zero-order chi connectivity index (χ0) is 50.2. The van der Waals surface area contributed by atoms with Gasteiger partial charge in [0.05, 0.1) is 62.9 Å². The van der Waals surface area contributed by atoms with Gasteiger partial charge in [-0.05, 0) is 57.0 Å². The summed E-state index contributed by atoms with van der Waals surface area (Å²) in [5.74, 6) is -3.33. The van der Waals surface area contributed by atoms with Crippen LogP contribution >= 0.6 is 11.6 Å². The number of pyridine rings is 2. The number of nitrogens with zero attached hydrogens (tertiary/aromatic N) is 4. The molecule has 29 heteroatoms. The number of hydrogen-bond acceptors (Lipinski definition) is 15. The second-order valence-electron chi connectivity index (χ2n) is 13.7. The van der Waals surface area contributed by atoms with E-state index in [2.05, 4.69) is 24.5 Å². The molecule has 6 rings (SSSR count). The summed E-state index contributed by atoms with van der Waals surface area (Å²) in [5.41, 5.74) is -3.12. The van der Waals surface area contributed by atoms with E-state index in [1.54, 1.807) is 13.8 Å². The van der Waals surface area contributed by atoms with E-state index in [4.69, 9.17) is 77.9 Å². The van der Waals surface area contributed by atoms with Crippen LogP contribution in [0.1, 0.15) is 49.9 Å². The van der Waals surface area contributed by atoms with Crippen molar-refractivity contribution in [2.45, 2.75) is 65.5 Å². The number of aromatic nitrogens is 2. The van der Waals surface area contributed by atoms with Crippen LogP contribution in [-0.2, 0) is 54.0 Å². The van der Waals surface area contributed by atoms with E-state index in [1.165, 1.54) is 12.1 Å². The maximum atomic E-state index is 14.2. The van der Waals surface area contributed by atoms with Crippen molar-refractivity contribution in [2.24, 2.45) is 0 Å². The van der Waals surface area contributed by atoms with Crippen LogP contribution in [0, 0.1) is 24.8 Å². The van der Waals surface area contributed by atoms with Gasteiger partial charge in [-0.15, -0.1) is 0 Å². The molecular weight excluding hydrogens is 1070 g/mol. The summed E-state index contributed by atoms with van der Waals surface area (Å²) in [7, 11) is -2.62. The molecule has 2 aromatic carbocycles. The average molecular weight is 1110 g/mol. The Bertz CT molecular complexity index is 2420. The minimum Gasteiger partial charge on any atom is -0.662 e. The number of carbonyl (C=O) groups excluding carboxylic acids is 1. The Morgan fingerprint density at radius 3 is 1.66 bits per heavy atom. The number of halogens is 9. The Hall–Kier alpha value is -3.98. The Kier molecular flexibility index (Phi) is 24.8. The SMILES string of the molecule is O=CO[O-].OB1OCc2cc(O)cc(F)c21.[C-]#[N+]c1c(C(F)(F)F)cc(Cl)nc1OCCOC(C)C.[C-]#[N+]c1c(C(F)(F)F)cc(Oc2cc(F)c3c(c2)COB3O)nc1OCCOC(C)C.[Cs+]. The number of phenols is 1. The molecule has 0 aliphatic carbocycles. The van der Waals surface area contributed by atoms with Gasteiger partial charge >= 0.3 is 95.5 Å². The van der Waals surface area contributed by atoms with Crippen molar-refractivity contribution >= 4 is 54.6 Å². The molecule has 4 heterocycles. The minimum atomic E-state index is -4.88. The van der Waals surface area contributed by atoms with E-state index in [0.29, 0.717) is 23.3 Å². The first kappa shape index (κ1) is 60.1. The number of hydrogen-bond donors (Lipinski definition) is 3. The first-order valence-electron chi connectivity index (χ1n) is 18.9. The molecule has 360 valence electrons. The van der Waals surface area contributed by atoms with E-state index in [1.807, 2.05) is 13.8 Å². The molecule has 0 saturated carbocycles. The first-order valence-corrected chi connectivity index (χ1v) is 19.3. The van der Waals surface area contributed by atoms with Gasteiger partial charge in [0, 0.05) is 29.1 Å². The number of ether oxygens (including phenoxy) is 5. The smallest absolute Gasteiger partial charge is 0.662 e. The molecule has 0 saturated heterocycles. The van der Waals surface area contributed by atoms with Gasteiger partial charge in [0.1, 0.15) is 41.5 Å². The third-order valence-corrected chi connectivity index (χ3v) is 8.38. The summed E-state index contributed by atoms with van der Waals surface area (Å²) in [5, 5.41) is 35.7. The summed E-state index contributed by atoms with van der Waals surface area (Å²) in [4.78, 5) is 24.5. The largest absolute Gasteiger partial charge is 1.00 e. The summed E-state index contributed by atoms with van der Waals surface area (Å²) in [6.45, 7) is 21.1. The van der Waals surface area contributed by atoms with Crippen LogP contribution in [0.25, 0.3) is 9.69 Å². The topological polar surface area (TPSA) is 209 Å². The Balaban J connectivity index is 0.000000365. The zero-order valence-corrected chi connectivity index (χ0v) is 43.2. The fourth-order valence-corrected chi connectivity index (χ4v) is 5.69. The summed E-state index contributed by atoms with van der Waals surface area (Å²) < 4.78 is 142. The second-order valence-corrected chi connectivity index (χ2v) is 14.1. The van der Waals surface area contributed by atoms with Crippen molar-refractivity contribution < 1.29 is 167 Å². The van der Waals surface area contributed by atoms with Crippen LogP contribution in [0.2, 0.25) is 5.15 Å². The number of rotatable bonds is 13. The maximum absolute atomic E-state index is 14.2. The van der Waals surface area contributed by atoms with Gasteiger partial charge in [-0.3, -0.25) is 4.79 Å². The predicted octanol–water partition coefficient (Wildman–Crippen LogP) is 2.90. The van der Waals surface area contributed by atoms with Gasteiger partial charge < -0.3 is 58.3 Å². The Morgan fingerprint density at radius 2 is 1.22 bits per heavy atom. The molecule has 0 fully saturated rings. The van der Waals surface area contributed by atoms with E-state index in [9.17, 15) is 40.1 Å². The fourth-order valence-electron chi connectivity index (χ4n) is 5.51. The fraction of sp³-hybridized carbons (Fsp3) is 0.359. The Labute approximate surface area is 446 Å². The van der Waals surface area contributed by atoms with Crippen LogP contribution in [-0.4, -0.2) is 84.5 Å². The summed E-state index contributed by atoms with van der Waals surface area (Å²) in [6, 6.07) is 5.70. The van der Waals surface area contributed by atoms with Crippen molar-refractivity contribution in [3.8, 4) is 29.1 Å². The number of carbonyl (C=O) groups is 1. The Morgan fingerprint density at radius 1 is 0.779 bits per heavy atom. The van der Waals surface area contributed by atoms with Gasteiger partial charge in [0.2, 0.25) is 17.6 Å². The third-order valence-electron chi connectivity index (χ3n) is 8.19. The van der Waals surface area contributed by atoms with Gasteiger partial charge in [-0.25, -0.2) is 23.5 Å². The van der Waals surface area contributed by atoms with Crippen molar-refractivity contribution in [3.05, 3.63) is 98.3 Å². The molecular formula is C39H36B2ClCsF8N4O13. The molecule has 4 aromatic rings. The molecule has 0 amide bonds. The third kappa shape index (κ3) is 18.1. The van der Waals surface area contributed by atoms with Crippen molar-refractivity contribution in [1.29, 1.82) is 0 Å². The molecule has 68 heavy (non-hydrogen) atoms. The molecule has 0 atom stereocenters. The van der Waals surface area contributed by atoms with E-state index < -0.39 is 78.4 Å². The zero-order valence-electron chi connectivity index (χ0n) is 36.2. The van der Waals surface area contributed by atoms with Gasteiger partial charge in [-0.1, -0.05) is 11.6 Å². The van der Waals surface area contributed by atoms with E-state index >= 15 is 0 Å². The molecule has 0 unspecified atom stereocenters. The van der Waals surface area contributed by atoms with Crippen LogP contribution in [0.3, 0.4) is 0 Å². The number of aromatic hydroxyl groups is 1. The van der Waals surface area contributed by atoms with Crippen LogP contribution < -0.4 is 99.3 Å². The molecule has 0 spiro atoms. The van der Waals surface area contributed by atoms with Crippen LogP contribution in [0.5, 0.6) is 29.1 Å². The quantitative estimate of drug-likeness (QED) is 0.0257. The number of phenolic OH excluding ortho intramolecular Hbond substituents is 1. The van der Waals surface area contributed by atoms with Gasteiger partial charge in [-0.2, -0.15) is 31.3 Å². The molecule has 2 aliphatic heterocycles. The minimum absolute atomic E-state index is 0. The molecule has 0 bridgehead atoms. The van der Waals surface area contributed by atoms with E-state index in [-0.39, 0.29) is 155 Å². The predicted molar refractivity (Wildman–Crippen MR) is 216 cm³/mol. The van der Waals surface area contributed by atoms with Crippen molar-refractivity contribution in [3.63, 3.8) is 0 Å². The molecule has 2 aromatic heterocycles. The van der Waals surface area contributed by atoms with Gasteiger partial charge in [0.15, 0.2) is 0 Å². The summed E-state index contributed by atoms with van der Waals surface area (Å²) >= 11 is 5.52. The summed E-state index contributed by atoms with van der Waals surface area (Å²) in [6.07, 6.45) is -9.72.